The second-order valence-corrected chi connectivity index (χ2v) is 6.31. The minimum Gasteiger partial charge on any atom is -0.490 e. The van der Waals surface area contributed by atoms with Crippen molar-refractivity contribution in [3.63, 3.8) is 0 Å². The summed E-state index contributed by atoms with van der Waals surface area (Å²) in [5.41, 5.74) is 2.63. The van der Waals surface area contributed by atoms with Gasteiger partial charge in [0.05, 0.1) is 13.2 Å². The zero-order chi connectivity index (χ0) is 18.4. The minimum atomic E-state index is -0.468. The molecule has 0 aliphatic carbocycles. The van der Waals surface area contributed by atoms with Gasteiger partial charge in [0.25, 0.3) is 0 Å². The summed E-state index contributed by atoms with van der Waals surface area (Å²) in [6.07, 6.45) is 2.67. The second kappa shape index (κ2) is 8.90. The molecule has 25 heavy (non-hydrogen) atoms. The van der Waals surface area contributed by atoms with Crippen LogP contribution in [-0.4, -0.2) is 25.5 Å². The van der Waals surface area contributed by atoms with Crippen molar-refractivity contribution in [2.24, 2.45) is 0 Å². The number of halogens is 1. The minimum absolute atomic E-state index is 0.270. The van der Waals surface area contributed by atoms with Gasteiger partial charge in [-0.1, -0.05) is 37.9 Å². The van der Waals surface area contributed by atoms with Gasteiger partial charge in [-0.3, -0.25) is 0 Å². The van der Waals surface area contributed by atoms with E-state index in [1.54, 1.807) is 19.9 Å². The molecule has 0 bridgehead atoms. The number of carbonyl (C=O) groups is 2. The number of hydrogen-bond donors (Lipinski definition) is 1. The van der Waals surface area contributed by atoms with Gasteiger partial charge in [0.2, 0.25) is 0 Å². The van der Waals surface area contributed by atoms with Crippen LogP contribution >= 0.6 is 11.6 Å². The zero-order valence-corrected chi connectivity index (χ0v) is 15.6. The van der Waals surface area contributed by atoms with Gasteiger partial charge in [-0.15, -0.1) is 0 Å². The lowest BCUT2D eigenvalue weighted by Crippen LogP contribution is -2.29. The number of benzene rings is 1. The van der Waals surface area contributed by atoms with Gasteiger partial charge in [0.15, 0.2) is 11.5 Å². The van der Waals surface area contributed by atoms with Crippen molar-refractivity contribution in [1.29, 1.82) is 0 Å². The Balaban J connectivity index is 2.62. The van der Waals surface area contributed by atoms with E-state index in [0.717, 1.165) is 30.3 Å². The van der Waals surface area contributed by atoms with Crippen LogP contribution in [0.25, 0.3) is 5.76 Å². The third-order valence-corrected chi connectivity index (χ3v) is 4.40. The normalized spacial score (nSPS) is 14.4. The molecule has 1 N–H and O–H groups in total. The molecular weight excluding hydrogens is 342 g/mol. The van der Waals surface area contributed by atoms with E-state index in [1.807, 2.05) is 6.07 Å². The van der Waals surface area contributed by atoms with Crippen LogP contribution in [0.4, 0.5) is 0 Å². The zero-order valence-electron chi connectivity index (χ0n) is 14.9. The SMILES string of the molecule is CCCCOC1=C(C(=O)OCC)NCc2ccc(Cl)c(C(C)C=O)c21. The average Bonchev–Trinajstić information content (AvgIpc) is 2.61. The van der Waals surface area contributed by atoms with Crippen molar-refractivity contribution in [1.82, 2.24) is 5.32 Å². The molecule has 1 unspecified atom stereocenters. The lowest BCUT2D eigenvalue weighted by atomic mass is 9.89. The van der Waals surface area contributed by atoms with Gasteiger partial charge in [-0.05, 0) is 30.5 Å². The first kappa shape index (κ1) is 19.3. The number of esters is 1. The Morgan fingerprint density at radius 2 is 2.16 bits per heavy atom. The average molecular weight is 366 g/mol. The van der Waals surface area contributed by atoms with E-state index >= 15 is 0 Å². The molecule has 6 heteroatoms. The number of ether oxygens (including phenoxy) is 2. The molecule has 0 spiro atoms. The van der Waals surface area contributed by atoms with Gasteiger partial charge >= 0.3 is 5.97 Å². The first-order chi connectivity index (χ1) is 12.0. The third-order valence-electron chi connectivity index (χ3n) is 4.07. The first-order valence-electron chi connectivity index (χ1n) is 8.60. The number of unbranched alkanes of at least 4 members (excludes halogenated alkanes) is 1. The molecule has 0 aromatic heterocycles. The summed E-state index contributed by atoms with van der Waals surface area (Å²) in [7, 11) is 0. The molecule has 0 saturated heterocycles. The number of aldehydes is 1. The molecule has 5 nitrogen and oxygen atoms in total. The Kier molecular flexibility index (Phi) is 6.88. The molecule has 1 heterocycles. The molecule has 1 aliphatic rings. The van der Waals surface area contributed by atoms with Gasteiger partial charge < -0.3 is 19.6 Å². The number of hydrogen-bond acceptors (Lipinski definition) is 5. The number of fused-ring (bicyclic) bond motifs is 1. The van der Waals surface area contributed by atoms with E-state index in [-0.39, 0.29) is 12.3 Å². The Morgan fingerprint density at radius 1 is 1.40 bits per heavy atom. The number of rotatable bonds is 8. The van der Waals surface area contributed by atoms with Gasteiger partial charge in [-0.2, -0.15) is 0 Å². The summed E-state index contributed by atoms with van der Waals surface area (Å²) in [4.78, 5) is 23.8. The molecule has 1 aromatic rings. The summed E-state index contributed by atoms with van der Waals surface area (Å²) in [5.74, 6) is -0.461. The van der Waals surface area contributed by atoms with Crippen LogP contribution in [0.15, 0.2) is 17.8 Å². The predicted molar refractivity (Wildman–Crippen MR) is 97.2 cm³/mol. The van der Waals surface area contributed by atoms with Crippen LogP contribution < -0.4 is 5.32 Å². The van der Waals surface area contributed by atoms with Crippen molar-refractivity contribution >= 4 is 29.6 Å². The van der Waals surface area contributed by atoms with Crippen molar-refractivity contribution in [3.8, 4) is 0 Å². The maximum Gasteiger partial charge on any atom is 0.358 e. The molecule has 0 radical (unpaired) electrons. The molecule has 0 fully saturated rings. The molecule has 0 saturated carbocycles. The summed E-state index contributed by atoms with van der Waals surface area (Å²) in [6.45, 7) is 6.78. The molecule has 1 atom stereocenters. The fourth-order valence-corrected chi connectivity index (χ4v) is 3.12. The molecule has 1 aliphatic heterocycles. The van der Waals surface area contributed by atoms with Crippen LogP contribution in [0, 0.1) is 0 Å². The number of carbonyl (C=O) groups excluding carboxylic acids is 2. The maximum absolute atomic E-state index is 12.4. The van der Waals surface area contributed by atoms with E-state index in [1.165, 1.54) is 0 Å². The highest BCUT2D eigenvalue weighted by Crippen LogP contribution is 2.38. The van der Waals surface area contributed by atoms with E-state index in [9.17, 15) is 9.59 Å². The van der Waals surface area contributed by atoms with Crippen LogP contribution in [0.5, 0.6) is 0 Å². The van der Waals surface area contributed by atoms with Crippen LogP contribution in [0.3, 0.4) is 0 Å². The summed E-state index contributed by atoms with van der Waals surface area (Å²) >= 11 is 6.38. The second-order valence-electron chi connectivity index (χ2n) is 5.90. The van der Waals surface area contributed by atoms with Crippen molar-refractivity contribution in [2.45, 2.75) is 46.1 Å². The third kappa shape index (κ3) is 4.15. The highest BCUT2D eigenvalue weighted by atomic mass is 35.5. The van der Waals surface area contributed by atoms with Gasteiger partial charge in [-0.25, -0.2) is 4.79 Å². The Hall–Kier alpha value is -2.01. The Labute approximate surface area is 153 Å². The van der Waals surface area contributed by atoms with E-state index in [2.05, 4.69) is 12.2 Å². The summed E-state index contributed by atoms with van der Waals surface area (Å²) in [6, 6.07) is 3.66. The molecule has 2 rings (SSSR count). The van der Waals surface area contributed by atoms with Crippen LogP contribution in [-0.2, 0) is 25.6 Å². The largest absolute Gasteiger partial charge is 0.490 e. The molecular formula is C19H24ClNO4. The lowest BCUT2D eigenvalue weighted by Gasteiger charge is -2.27. The fraction of sp³-hybridized carbons (Fsp3) is 0.474. The highest BCUT2D eigenvalue weighted by Gasteiger charge is 2.30. The highest BCUT2D eigenvalue weighted by molar-refractivity contribution is 6.32. The fourth-order valence-electron chi connectivity index (χ4n) is 2.79. The summed E-state index contributed by atoms with van der Waals surface area (Å²) < 4.78 is 11.1. The van der Waals surface area contributed by atoms with Crippen molar-refractivity contribution in [3.05, 3.63) is 39.5 Å². The first-order valence-corrected chi connectivity index (χ1v) is 8.97. The van der Waals surface area contributed by atoms with Crippen molar-refractivity contribution in [2.75, 3.05) is 13.2 Å². The predicted octanol–water partition coefficient (Wildman–Crippen LogP) is 3.79. The monoisotopic (exact) mass is 365 g/mol. The van der Waals surface area contributed by atoms with Gasteiger partial charge in [0, 0.05) is 23.0 Å². The van der Waals surface area contributed by atoms with E-state index < -0.39 is 11.9 Å². The Bertz CT molecular complexity index is 684. The topological polar surface area (TPSA) is 64.6 Å². The van der Waals surface area contributed by atoms with Crippen LogP contribution in [0.1, 0.15) is 56.2 Å². The summed E-state index contributed by atoms with van der Waals surface area (Å²) in [5, 5.41) is 3.58. The van der Waals surface area contributed by atoms with E-state index in [0.29, 0.717) is 29.5 Å². The van der Waals surface area contributed by atoms with E-state index in [4.69, 9.17) is 21.1 Å². The van der Waals surface area contributed by atoms with Crippen molar-refractivity contribution < 1.29 is 19.1 Å². The number of nitrogens with one attached hydrogen (secondary N) is 1. The van der Waals surface area contributed by atoms with Crippen LogP contribution in [0.2, 0.25) is 5.02 Å². The maximum atomic E-state index is 12.4. The smallest absolute Gasteiger partial charge is 0.358 e. The molecule has 0 amide bonds. The standard InChI is InChI=1S/C19H24ClNO4/c1-4-6-9-25-18-16-13(10-21-17(18)19(23)24-5-2)7-8-14(20)15(16)12(3)11-22/h7-8,11-12,21H,4-6,9-10H2,1-3H3. The molecule has 136 valence electrons. The Morgan fingerprint density at radius 3 is 2.80 bits per heavy atom. The lowest BCUT2D eigenvalue weighted by molar-refractivity contribution is -0.139. The van der Waals surface area contributed by atoms with Gasteiger partial charge in [0.1, 0.15) is 6.29 Å². The molecule has 1 aromatic carbocycles. The quantitative estimate of drug-likeness (QED) is 0.431.